The zero-order valence-electron chi connectivity index (χ0n) is 17.3. The van der Waals surface area contributed by atoms with E-state index in [1.807, 2.05) is 6.07 Å². The van der Waals surface area contributed by atoms with Gasteiger partial charge < -0.3 is 10.4 Å². The fourth-order valence-electron chi connectivity index (χ4n) is 5.16. The minimum Gasteiger partial charge on any atom is -0.480 e. The smallest absolute Gasteiger partial charge is 0.321 e. The summed E-state index contributed by atoms with van der Waals surface area (Å²) in [4.78, 5) is 26.1. The summed E-state index contributed by atoms with van der Waals surface area (Å²) in [5.74, 6) is -2.01. The molecule has 0 radical (unpaired) electrons. The Labute approximate surface area is 196 Å². The molecule has 0 aromatic heterocycles. The first-order valence-electron chi connectivity index (χ1n) is 10.00. The molecular formula is C23H23Cl3N2O3. The number of aliphatic carboxylic acids is 1. The van der Waals surface area contributed by atoms with E-state index in [-0.39, 0.29) is 11.3 Å². The summed E-state index contributed by atoms with van der Waals surface area (Å²) in [6.45, 7) is 6.20. The largest absolute Gasteiger partial charge is 0.480 e. The standard InChI is InChI=1S/C23H23Cl3N2O3/c1-22(2,3)10-17-23(15-5-4-12(24)9-16(15)27-21(23)31)18(19(28-17)20(29)30)11-6-13(25)8-14(26)7-11/h4-9,17-19,28H,10H2,1-3H3,(H,27,31)(H,29,30). The lowest BCUT2D eigenvalue weighted by Gasteiger charge is -2.37. The highest BCUT2D eigenvalue weighted by Gasteiger charge is 2.65. The van der Waals surface area contributed by atoms with Gasteiger partial charge in [-0.1, -0.05) is 61.6 Å². The van der Waals surface area contributed by atoms with E-state index in [9.17, 15) is 14.7 Å². The van der Waals surface area contributed by atoms with Crippen LogP contribution in [0, 0.1) is 5.41 Å². The van der Waals surface area contributed by atoms with Gasteiger partial charge in [0.1, 0.15) is 11.5 Å². The first kappa shape index (κ1) is 22.4. The molecule has 2 aromatic rings. The molecule has 2 heterocycles. The van der Waals surface area contributed by atoms with Gasteiger partial charge in [0.25, 0.3) is 0 Å². The Balaban J connectivity index is 2.02. The molecule has 1 saturated heterocycles. The van der Waals surface area contributed by atoms with Crippen LogP contribution in [0.25, 0.3) is 0 Å². The quantitative estimate of drug-likeness (QED) is 0.542. The second-order valence-corrected chi connectivity index (χ2v) is 10.8. The predicted molar refractivity (Wildman–Crippen MR) is 123 cm³/mol. The van der Waals surface area contributed by atoms with Crippen LogP contribution in [0.3, 0.4) is 0 Å². The minimum atomic E-state index is -1.16. The third-order valence-corrected chi connectivity index (χ3v) is 6.80. The molecule has 0 saturated carbocycles. The highest BCUT2D eigenvalue weighted by atomic mass is 35.5. The number of carbonyl (C=O) groups excluding carboxylic acids is 1. The van der Waals surface area contributed by atoms with Crippen LogP contribution in [0.15, 0.2) is 36.4 Å². The van der Waals surface area contributed by atoms with Gasteiger partial charge in [-0.25, -0.2) is 0 Å². The van der Waals surface area contributed by atoms with Crippen LogP contribution in [-0.4, -0.2) is 29.1 Å². The molecule has 4 atom stereocenters. The normalized spacial score (nSPS) is 27.4. The number of anilines is 1. The first-order chi connectivity index (χ1) is 14.4. The number of carbonyl (C=O) groups is 2. The Morgan fingerprint density at radius 2 is 1.71 bits per heavy atom. The zero-order chi connectivity index (χ0) is 22.7. The van der Waals surface area contributed by atoms with Crippen molar-refractivity contribution in [3.63, 3.8) is 0 Å². The highest BCUT2D eigenvalue weighted by Crippen LogP contribution is 2.56. The topological polar surface area (TPSA) is 78.4 Å². The summed E-state index contributed by atoms with van der Waals surface area (Å²) in [6, 6.07) is 8.78. The zero-order valence-corrected chi connectivity index (χ0v) is 19.6. The van der Waals surface area contributed by atoms with Gasteiger partial charge in [-0.15, -0.1) is 0 Å². The molecule has 2 aliphatic rings. The summed E-state index contributed by atoms with van der Waals surface area (Å²) < 4.78 is 0. The molecule has 0 bridgehead atoms. The van der Waals surface area contributed by atoms with Crippen molar-refractivity contribution in [1.82, 2.24) is 5.32 Å². The number of hydrogen-bond donors (Lipinski definition) is 3. The molecule has 164 valence electrons. The SMILES string of the molecule is CC(C)(C)CC1NC(C(=O)O)C(c2cc(Cl)cc(Cl)c2)C12C(=O)Nc1cc(Cl)ccc12. The summed E-state index contributed by atoms with van der Waals surface area (Å²) >= 11 is 18.7. The van der Waals surface area contributed by atoms with Gasteiger partial charge in [0.15, 0.2) is 0 Å². The van der Waals surface area contributed by atoms with Crippen molar-refractivity contribution in [2.45, 2.75) is 50.6 Å². The van der Waals surface area contributed by atoms with E-state index in [0.717, 1.165) is 5.56 Å². The van der Waals surface area contributed by atoms with E-state index in [1.54, 1.807) is 30.3 Å². The lowest BCUT2D eigenvalue weighted by atomic mass is 9.62. The van der Waals surface area contributed by atoms with E-state index in [2.05, 4.69) is 31.4 Å². The molecule has 3 N–H and O–H groups in total. The lowest BCUT2D eigenvalue weighted by Crippen LogP contribution is -2.49. The summed E-state index contributed by atoms with van der Waals surface area (Å²) in [5.41, 5.74) is 0.608. The van der Waals surface area contributed by atoms with Crippen LogP contribution in [0.4, 0.5) is 5.69 Å². The van der Waals surface area contributed by atoms with Crippen molar-refractivity contribution in [3.8, 4) is 0 Å². The van der Waals surface area contributed by atoms with Gasteiger partial charge in [-0.2, -0.15) is 0 Å². The Bertz CT molecular complexity index is 1060. The van der Waals surface area contributed by atoms with Gasteiger partial charge >= 0.3 is 5.97 Å². The molecule has 5 nitrogen and oxygen atoms in total. The molecule has 2 aromatic carbocycles. The summed E-state index contributed by atoms with van der Waals surface area (Å²) in [7, 11) is 0. The van der Waals surface area contributed by atoms with Crippen LogP contribution < -0.4 is 10.6 Å². The first-order valence-corrected chi connectivity index (χ1v) is 11.1. The van der Waals surface area contributed by atoms with E-state index >= 15 is 0 Å². The molecule has 1 amide bonds. The number of fused-ring (bicyclic) bond motifs is 2. The number of nitrogens with one attached hydrogen (secondary N) is 2. The van der Waals surface area contributed by atoms with Gasteiger partial charge in [-0.05, 0) is 53.3 Å². The van der Waals surface area contributed by atoms with Crippen LogP contribution in [0.1, 0.15) is 44.2 Å². The van der Waals surface area contributed by atoms with Crippen molar-refractivity contribution in [3.05, 3.63) is 62.6 Å². The van der Waals surface area contributed by atoms with Crippen LogP contribution in [0.5, 0.6) is 0 Å². The van der Waals surface area contributed by atoms with Crippen LogP contribution in [0.2, 0.25) is 15.1 Å². The number of amides is 1. The second kappa shape index (κ2) is 7.66. The second-order valence-electron chi connectivity index (χ2n) is 9.49. The van der Waals surface area contributed by atoms with Crippen LogP contribution >= 0.6 is 34.8 Å². The maximum Gasteiger partial charge on any atom is 0.321 e. The fraction of sp³-hybridized carbons (Fsp3) is 0.391. The number of rotatable bonds is 3. The maximum absolute atomic E-state index is 13.7. The monoisotopic (exact) mass is 480 g/mol. The number of hydrogen-bond acceptors (Lipinski definition) is 3. The van der Waals surface area contributed by atoms with Gasteiger partial charge in [0.2, 0.25) is 5.91 Å². The molecule has 0 aliphatic carbocycles. The van der Waals surface area contributed by atoms with Crippen molar-refractivity contribution < 1.29 is 14.7 Å². The molecule has 8 heteroatoms. The molecule has 4 rings (SSSR count). The average Bonchev–Trinajstić information content (AvgIpc) is 3.09. The van der Waals surface area contributed by atoms with Crippen molar-refractivity contribution in [1.29, 1.82) is 0 Å². The summed E-state index contributed by atoms with van der Waals surface area (Å²) in [5, 5.41) is 17.6. The molecule has 1 spiro atoms. The Morgan fingerprint density at radius 3 is 2.29 bits per heavy atom. The highest BCUT2D eigenvalue weighted by molar-refractivity contribution is 6.34. The summed E-state index contributed by atoms with van der Waals surface area (Å²) in [6.07, 6.45) is 0.580. The number of carboxylic acids is 1. The van der Waals surface area contributed by atoms with E-state index in [0.29, 0.717) is 32.7 Å². The van der Waals surface area contributed by atoms with E-state index < -0.39 is 29.4 Å². The number of benzene rings is 2. The predicted octanol–water partition coefficient (Wildman–Crippen LogP) is 5.48. The van der Waals surface area contributed by atoms with Gasteiger partial charge in [0, 0.05) is 32.7 Å². The van der Waals surface area contributed by atoms with Crippen LogP contribution in [-0.2, 0) is 15.0 Å². The molecule has 1 fully saturated rings. The third kappa shape index (κ3) is 3.72. The van der Waals surface area contributed by atoms with Crippen molar-refractivity contribution >= 4 is 52.4 Å². The molecule has 4 unspecified atom stereocenters. The Kier molecular flexibility index (Phi) is 5.54. The third-order valence-electron chi connectivity index (χ3n) is 6.13. The Hall–Kier alpha value is -1.79. The maximum atomic E-state index is 13.7. The van der Waals surface area contributed by atoms with Crippen molar-refractivity contribution in [2.75, 3.05) is 5.32 Å². The average molecular weight is 482 g/mol. The molecule has 2 aliphatic heterocycles. The lowest BCUT2D eigenvalue weighted by molar-refractivity contribution is -0.139. The van der Waals surface area contributed by atoms with Gasteiger partial charge in [0.05, 0.1) is 0 Å². The Morgan fingerprint density at radius 1 is 1.06 bits per heavy atom. The number of carboxylic acid groups (broad SMARTS) is 1. The number of halogens is 3. The minimum absolute atomic E-state index is 0.163. The molecule has 31 heavy (non-hydrogen) atoms. The fourth-order valence-corrected chi connectivity index (χ4v) is 5.88. The van der Waals surface area contributed by atoms with Gasteiger partial charge in [-0.3, -0.25) is 14.9 Å². The van der Waals surface area contributed by atoms with E-state index in [4.69, 9.17) is 34.8 Å². The van der Waals surface area contributed by atoms with Crippen molar-refractivity contribution in [2.24, 2.45) is 5.41 Å². The molecular weight excluding hydrogens is 459 g/mol. The van der Waals surface area contributed by atoms with E-state index in [1.165, 1.54) is 0 Å².